The lowest BCUT2D eigenvalue weighted by Gasteiger charge is -2.06. The minimum Gasteiger partial charge on any atom is -0.494 e. The fraction of sp³-hybridized carbons (Fsp3) is 0.348. The second kappa shape index (κ2) is 10.2. The summed E-state index contributed by atoms with van der Waals surface area (Å²) >= 11 is 1.38. The Labute approximate surface area is 179 Å². The normalized spacial score (nSPS) is 11.6. The number of thiazole rings is 1. The fourth-order valence-corrected chi connectivity index (χ4v) is 4.14. The molecule has 158 valence electrons. The molecule has 0 aliphatic carbocycles. The van der Waals surface area contributed by atoms with Gasteiger partial charge in [0.2, 0.25) is 0 Å². The molecule has 0 radical (unpaired) electrons. The third-order valence-corrected chi connectivity index (χ3v) is 5.60. The van der Waals surface area contributed by atoms with Gasteiger partial charge in [-0.05, 0) is 56.7 Å². The van der Waals surface area contributed by atoms with Crippen molar-refractivity contribution in [2.75, 3.05) is 13.2 Å². The van der Waals surface area contributed by atoms with Crippen molar-refractivity contribution in [3.05, 3.63) is 58.4 Å². The number of carbonyl (C=O) groups excluding carboxylic acids is 2. The molecule has 0 bridgehead atoms. The summed E-state index contributed by atoms with van der Waals surface area (Å²) in [7, 11) is 0. The number of hydrogen-bond donors (Lipinski definition) is 0. The van der Waals surface area contributed by atoms with Crippen molar-refractivity contribution in [1.29, 1.82) is 0 Å². The highest BCUT2D eigenvalue weighted by molar-refractivity contribution is 7.16. The average molecular weight is 427 g/mol. The Balaban J connectivity index is 1.94. The van der Waals surface area contributed by atoms with E-state index in [4.69, 9.17) is 9.47 Å². The molecular weight excluding hydrogens is 400 g/mol. The Bertz CT molecular complexity index is 1110. The van der Waals surface area contributed by atoms with E-state index in [2.05, 4.69) is 11.9 Å². The molecule has 3 rings (SSSR count). The second-order valence-corrected chi connectivity index (χ2v) is 7.69. The molecule has 7 heteroatoms. The maximum absolute atomic E-state index is 12.8. The number of aromatic nitrogens is 1. The molecule has 0 aliphatic heterocycles. The predicted octanol–water partition coefficient (Wildman–Crippen LogP) is 4.82. The van der Waals surface area contributed by atoms with E-state index in [1.165, 1.54) is 11.3 Å². The number of nitrogens with zero attached hydrogens (tertiary/aromatic N) is 2. The van der Waals surface area contributed by atoms with Crippen LogP contribution in [0.2, 0.25) is 0 Å². The van der Waals surface area contributed by atoms with Gasteiger partial charge in [-0.3, -0.25) is 4.79 Å². The first kappa shape index (κ1) is 21.8. The lowest BCUT2D eigenvalue weighted by molar-refractivity contribution is 0.0526. The lowest BCUT2D eigenvalue weighted by atomic mass is 10.2. The monoisotopic (exact) mass is 426 g/mol. The topological polar surface area (TPSA) is 69.9 Å². The molecule has 0 atom stereocenters. The van der Waals surface area contributed by atoms with Crippen molar-refractivity contribution in [3.63, 3.8) is 0 Å². The van der Waals surface area contributed by atoms with Crippen LogP contribution in [0, 0.1) is 0 Å². The largest absolute Gasteiger partial charge is 0.494 e. The first-order valence-electron chi connectivity index (χ1n) is 10.2. The van der Waals surface area contributed by atoms with Gasteiger partial charge in [0.05, 0.1) is 29.0 Å². The third kappa shape index (κ3) is 4.97. The van der Waals surface area contributed by atoms with Crippen LogP contribution in [0.15, 0.2) is 47.5 Å². The van der Waals surface area contributed by atoms with Crippen molar-refractivity contribution in [3.8, 4) is 5.75 Å². The van der Waals surface area contributed by atoms with Crippen LogP contribution in [0.25, 0.3) is 10.2 Å². The highest BCUT2D eigenvalue weighted by Gasteiger charge is 2.12. The maximum atomic E-state index is 12.8. The van der Waals surface area contributed by atoms with Crippen molar-refractivity contribution in [1.82, 2.24) is 4.57 Å². The summed E-state index contributed by atoms with van der Waals surface area (Å²) in [6.07, 6.45) is 2.02. The molecule has 1 aromatic heterocycles. The number of benzene rings is 2. The Hall–Kier alpha value is -2.93. The van der Waals surface area contributed by atoms with Crippen LogP contribution in [0.4, 0.5) is 0 Å². The van der Waals surface area contributed by atoms with Gasteiger partial charge in [-0.15, -0.1) is 0 Å². The molecule has 0 fully saturated rings. The summed E-state index contributed by atoms with van der Waals surface area (Å²) in [6, 6.07) is 12.5. The van der Waals surface area contributed by atoms with Crippen LogP contribution in [-0.2, 0) is 11.3 Å². The Morgan fingerprint density at radius 3 is 2.63 bits per heavy atom. The maximum Gasteiger partial charge on any atom is 0.338 e. The minimum atomic E-state index is -0.356. The van der Waals surface area contributed by atoms with Crippen LogP contribution < -0.4 is 9.54 Å². The fourth-order valence-electron chi connectivity index (χ4n) is 3.01. The summed E-state index contributed by atoms with van der Waals surface area (Å²) in [6.45, 7) is 7.49. The number of carbonyl (C=O) groups is 2. The van der Waals surface area contributed by atoms with Crippen molar-refractivity contribution in [2.24, 2.45) is 4.99 Å². The van der Waals surface area contributed by atoms with E-state index in [0.29, 0.717) is 41.4 Å². The van der Waals surface area contributed by atoms with E-state index in [1.54, 1.807) is 37.3 Å². The predicted molar refractivity (Wildman–Crippen MR) is 118 cm³/mol. The van der Waals surface area contributed by atoms with Gasteiger partial charge < -0.3 is 14.0 Å². The highest BCUT2D eigenvalue weighted by Crippen LogP contribution is 2.20. The summed E-state index contributed by atoms with van der Waals surface area (Å²) in [4.78, 5) is 29.8. The molecule has 30 heavy (non-hydrogen) atoms. The standard InChI is InChI=1S/C23H26N2O4S/c1-4-7-13-29-18-10-8-9-16(14-18)21(26)24-23-25(5-2)19-12-11-17(15-20(19)30-23)22(27)28-6-3/h8-12,14-15H,4-7,13H2,1-3H3. The van der Waals surface area contributed by atoms with Crippen molar-refractivity contribution < 1.29 is 19.1 Å². The molecule has 1 heterocycles. The molecule has 1 amide bonds. The number of unbranched alkanes of at least 4 members (excludes halogenated alkanes) is 1. The molecule has 6 nitrogen and oxygen atoms in total. The first-order valence-corrected chi connectivity index (χ1v) is 11.0. The molecule has 3 aromatic rings. The first-order chi connectivity index (χ1) is 14.6. The van der Waals surface area contributed by atoms with Gasteiger partial charge in [-0.25, -0.2) is 4.79 Å². The average Bonchev–Trinajstić information content (AvgIpc) is 3.10. The summed E-state index contributed by atoms with van der Waals surface area (Å²) in [5.41, 5.74) is 1.90. The Morgan fingerprint density at radius 2 is 1.90 bits per heavy atom. The highest BCUT2D eigenvalue weighted by atomic mass is 32.1. The zero-order valence-corrected chi connectivity index (χ0v) is 18.3. The molecule has 0 saturated carbocycles. The smallest absolute Gasteiger partial charge is 0.338 e. The summed E-state index contributed by atoms with van der Waals surface area (Å²) in [5, 5.41) is 0. The molecule has 0 N–H and O–H groups in total. The zero-order chi connectivity index (χ0) is 21.5. The Morgan fingerprint density at radius 1 is 1.07 bits per heavy atom. The van der Waals surface area contributed by atoms with E-state index in [-0.39, 0.29) is 11.9 Å². The van der Waals surface area contributed by atoms with E-state index in [9.17, 15) is 9.59 Å². The van der Waals surface area contributed by atoms with Gasteiger partial charge in [0.15, 0.2) is 4.80 Å². The van der Waals surface area contributed by atoms with Gasteiger partial charge in [0.1, 0.15) is 5.75 Å². The van der Waals surface area contributed by atoms with Crippen molar-refractivity contribution >= 4 is 33.4 Å². The van der Waals surface area contributed by atoms with Crippen LogP contribution in [0.3, 0.4) is 0 Å². The summed E-state index contributed by atoms with van der Waals surface area (Å²) in [5.74, 6) is -0.0103. The number of fused-ring (bicyclic) bond motifs is 1. The minimum absolute atomic E-state index is 0.324. The number of aryl methyl sites for hydroxylation is 1. The van der Waals surface area contributed by atoms with E-state index >= 15 is 0 Å². The SMILES string of the molecule is CCCCOc1cccc(C(=O)N=c2sc3cc(C(=O)OCC)ccc3n2CC)c1. The molecule has 0 aliphatic rings. The lowest BCUT2D eigenvalue weighted by Crippen LogP contribution is -2.16. The van der Waals surface area contributed by atoms with Gasteiger partial charge in [0.25, 0.3) is 5.91 Å². The van der Waals surface area contributed by atoms with E-state index in [0.717, 1.165) is 23.1 Å². The number of amides is 1. The molecule has 0 unspecified atom stereocenters. The quantitative estimate of drug-likeness (QED) is 0.382. The van der Waals surface area contributed by atoms with E-state index < -0.39 is 0 Å². The number of esters is 1. The van der Waals surface area contributed by atoms with Crippen LogP contribution in [0.5, 0.6) is 5.75 Å². The van der Waals surface area contributed by atoms with Crippen LogP contribution in [-0.4, -0.2) is 29.7 Å². The Kier molecular flexibility index (Phi) is 7.41. The van der Waals surface area contributed by atoms with Gasteiger partial charge in [-0.2, -0.15) is 4.99 Å². The summed E-state index contributed by atoms with van der Waals surface area (Å²) < 4.78 is 13.6. The third-order valence-electron chi connectivity index (χ3n) is 4.55. The van der Waals surface area contributed by atoms with Gasteiger partial charge in [0, 0.05) is 12.1 Å². The number of rotatable bonds is 8. The van der Waals surface area contributed by atoms with Crippen LogP contribution >= 0.6 is 11.3 Å². The number of hydrogen-bond acceptors (Lipinski definition) is 5. The second-order valence-electron chi connectivity index (χ2n) is 6.68. The molecule has 2 aromatic carbocycles. The van der Waals surface area contributed by atoms with Crippen molar-refractivity contribution in [2.45, 2.75) is 40.2 Å². The van der Waals surface area contributed by atoms with E-state index in [1.807, 2.05) is 23.6 Å². The van der Waals surface area contributed by atoms with Crippen LogP contribution in [0.1, 0.15) is 54.3 Å². The molecule has 0 saturated heterocycles. The number of ether oxygens (including phenoxy) is 2. The van der Waals surface area contributed by atoms with Gasteiger partial charge >= 0.3 is 5.97 Å². The van der Waals surface area contributed by atoms with Gasteiger partial charge in [-0.1, -0.05) is 30.7 Å². The molecule has 0 spiro atoms. The zero-order valence-electron chi connectivity index (χ0n) is 17.5. The molecular formula is C23H26N2O4S.